The van der Waals surface area contributed by atoms with Crippen molar-refractivity contribution < 1.29 is 4.79 Å². The van der Waals surface area contributed by atoms with Crippen LogP contribution in [0.2, 0.25) is 0 Å². The Kier molecular flexibility index (Phi) is 3.06. The van der Waals surface area contributed by atoms with Gasteiger partial charge in [-0.1, -0.05) is 18.2 Å². The van der Waals surface area contributed by atoms with Crippen LogP contribution in [0.5, 0.6) is 0 Å². The minimum absolute atomic E-state index is 0.0729. The van der Waals surface area contributed by atoms with E-state index in [2.05, 4.69) is 15.5 Å². The zero-order valence-electron chi connectivity index (χ0n) is 11.6. The molecule has 2 N–H and O–H groups in total. The van der Waals surface area contributed by atoms with Crippen LogP contribution < -0.4 is 5.32 Å². The number of carbonyl (C=O) groups excluding carboxylic acids is 1. The molecule has 4 nitrogen and oxygen atoms in total. The molecule has 0 aliphatic heterocycles. The summed E-state index contributed by atoms with van der Waals surface area (Å²) in [7, 11) is 0. The molecule has 0 saturated carbocycles. The van der Waals surface area contributed by atoms with Gasteiger partial charge in [0.25, 0.3) is 5.91 Å². The number of hydrogen-bond donors (Lipinski definition) is 2. The topological polar surface area (TPSA) is 57.8 Å². The quantitative estimate of drug-likeness (QED) is 0.752. The van der Waals surface area contributed by atoms with Gasteiger partial charge in [-0.05, 0) is 37.8 Å². The van der Waals surface area contributed by atoms with Gasteiger partial charge in [0.15, 0.2) is 0 Å². The van der Waals surface area contributed by atoms with Crippen LogP contribution in [0.15, 0.2) is 24.3 Å². The number of aromatic amines is 1. The zero-order valence-corrected chi connectivity index (χ0v) is 12.4. The number of fused-ring (bicyclic) bond motifs is 1. The molecule has 0 unspecified atom stereocenters. The van der Waals surface area contributed by atoms with Crippen LogP contribution >= 0.6 is 11.3 Å². The molecule has 3 aromatic rings. The maximum atomic E-state index is 12.5. The lowest BCUT2D eigenvalue weighted by Crippen LogP contribution is -2.12. The van der Waals surface area contributed by atoms with Gasteiger partial charge >= 0.3 is 0 Å². The van der Waals surface area contributed by atoms with Gasteiger partial charge in [-0.2, -0.15) is 5.10 Å². The molecule has 0 aliphatic carbocycles. The second kappa shape index (κ2) is 4.76. The number of aromatic nitrogens is 2. The molecule has 0 bridgehead atoms. The van der Waals surface area contributed by atoms with E-state index in [0.717, 1.165) is 37.6 Å². The number of rotatable bonds is 2. The molecule has 20 heavy (non-hydrogen) atoms. The van der Waals surface area contributed by atoms with E-state index in [4.69, 9.17) is 0 Å². The summed E-state index contributed by atoms with van der Waals surface area (Å²) in [5, 5.41) is 11.1. The number of H-pyrrole nitrogens is 1. The number of benzene rings is 1. The fraction of sp³-hybridized carbons (Fsp3) is 0.200. The SMILES string of the molecule is Cc1n[nH]c(C)c1NC(=O)c1sc2ccccc2c1C. The maximum absolute atomic E-state index is 12.5. The Morgan fingerprint density at radius 3 is 2.65 bits per heavy atom. The highest BCUT2D eigenvalue weighted by Gasteiger charge is 2.17. The molecular weight excluding hydrogens is 270 g/mol. The third-order valence-electron chi connectivity index (χ3n) is 3.42. The zero-order chi connectivity index (χ0) is 14.3. The van der Waals surface area contributed by atoms with Crippen molar-refractivity contribution in [2.24, 2.45) is 0 Å². The summed E-state index contributed by atoms with van der Waals surface area (Å²) < 4.78 is 1.13. The van der Waals surface area contributed by atoms with Crippen LogP contribution in [-0.4, -0.2) is 16.1 Å². The molecule has 0 saturated heterocycles. The smallest absolute Gasteiger partial charge is 0.266 e. The molecule has 0 atom stereocenters. The van der Waals surface area contributed by atoms with Crippen molar-refractivity contribution in [3.05, 3.63) is 46.1 Å². The predicted octanol–water partition coefficient (Wildman–Crippen LogP) is 3.80. The molecule has 2 heterocycles. The number of hydrogen-bond acceptors (Lipinski definition) is 3. The van der Waals surface area contributed by atoms with Crippen molar-refractivity contribution in [3.8, 4) is 0 Å². The molecular formula is C15H15N3OS. The van der Waals surface area contributed by atoms with Crippen molar-refractivity contribution in [2.75, 3.05) is 5.32 Å². The van der Waals surface area contributed by atoms with Gasteiger partial charge in [-0.25, -0.2) is 0 Å². The summed E-state index contributed by atoms with van der Waals surface area (Å²) in [5.74, 6) is -0.0729. The Morgan fingerprint density at radius 1 is 1.25 bits per heavy atom. The molecule has 1 amide bonds. The first kappa shape index (κ1) is 12.9. The fourth-order valence-corrected chi connectivity index (χ4v) is 3.40. The number of aryl methyl sites for hydroxylation is 3. The van der Waals surface area contributed by atoms with Crippen LogP contribution in [0, 0.1) is 20.8 Å². The second-order valence-corrected chi connectivity index (χ2v) is 5.87. The molecule has 0 fully saturated rings. The maximum Gasteiger partial charge on any atom is 0.266 e. The second-order valence-electron chi connectivity index (χ2n) is 4.82. The van der Waals surface area contributed by atoms with Gasteiger partial charge in [0.2, 0.25) is 0 Å². The highest BCUT2D eigenvalue weighted by Crippen LogP contribution is 2.31. The standard InChI is InChI=1S/C15H15N3OS/c1-8-11-6-4-5-7-12(11)20-14(8)15(19)16-13-9(2)17-18-10(13)3/h4-7H,1-3H3,(H,16,19)(H,17,18). The van der Waals surface area contributed by atoms with E-state index in [-0.39, 0.29) is 5.91 Å². The summed E-state index contributed by atoms with van der Waals surface area (Å²) in [6, 6.07) is 8.07. The van der Waals surface area contributed by atoms with Crippen LogP contribution in [0.4, 0.5) is 5.69 Å². The first-order valence-corrected chi connectivity index (χ1v) is 7.20. The molecule has 5 heteroatoms. The average Bonchev–Trinajstić information content (AvgIpc) is 2.94. The summed E-state index contributed by atoms with van der Waals surface area (Å²) in [6.45, 7) is 5.76. The predicted molar refractivity (Wildman–Crippen MR) is 82.6 cm³/mol. The molecule has 3 rings (SSSR count). The molecule has 0 radical (unpaired) electrons. The lowest BCUT2D eigenvalue weighted by Gasteiger charge is -2.04. The van der Waals surface area contributed by atoms with Gasteiger partial charge in [0.05, 0.1) is 22.0 Å². The van der Waals surface area contributed by atoms with E-state index in [1.807, 2.05) is 45.0 Å². The van der Waals surface area contributed by atoms with E-state index < -0.39 is 0 Å². The third-order valence-corrected chi connectivity index (χ3v) is 4.69. The summed E-state index contributed by atoms with van der Waals surface area (Å²) in [5.41, 5.74) is 3.47. The first-order chi connectivity index (χ1) is 9.58. The Hall–Kier alpha value is -2.14. The van der Waals surface area contributed by atoms with Crippen molar-refractivity contribution in [3.63, 3.8) is 0 Å². The highest BCUT2D eigenvalue weighted by molar-refractivity contribution is 7.21. The molecule has 102 valence electrons. The van der Waals surface area contributed by atoms with Crippen LogP contribution in [0.25, 0.3) is 10.1 Å². The summed E-state index contributed by atoms with van der Waals surface area (Å²) >= 11 is 1.52. The van der Waals surface area contributed by atoms with Crippen molar-refractivity contribution >= 4 is 33.0 Å². The number of nitrogens with one attached hydrogen (secondary N) is 2. The molecule has 2 aromatic heterocycles. The van der Waals surface area contributed by atoms with E-state index in [1.165, 1.54) is 11.3 Å². The lowest BCUT2D eigenvalue weighted by molar-refractivity contribution is 0.103. The molecule has 0 spiro atoms. The number of amides is 1. The Morgan fingerprint density at radius 2 is 2.00 bits per heavy atom. The van der Waals surface area contributed by atoms with Gasteiger partial charge in [-0.15, -0.1) is 11.3 Å². The van der Waals surface area contributed by atoms with Crippen molar-refractivity contribution in [2.45, 2.75) is 20.8 Å². The largest absolute Gasteiger partial charge is 0.318 e. The Balaban J connectivity index is 1.99. The minimum atomic E-state index is -0.0729. The van der Waals surface area contributed by atoms with E-state index in [0.29, 0.717) is 0 Å². The van der Waals surface area contributed by atoms with Gasteiger partial charge in [0.1, 0.15) is 0 Å². The van der Waals surface area contributed by atoms with Crippen LogP contribution in [0.1, 0.15) is 26.6 Å². The van der Waals surface area contributed by atoms with Gasteiger partial charge < -0.3 is 5.32 Å². The van der Waals surface area contributed by atoms with Gasteiger partial charge in [0, 0.05) is 4.70 Å². The average molecular weight is 285 g/mol. The van der Waals surface area contributed by atoms with Crippen LogP contribution in [0.3, 0.4) is 0 Å². The normalized spacial score (nSPS) is 10.9. The molecule has 0 aliphatic rings. The van der Waals surface area contributed by atoms with E-state index >= 15 is 0 Å². The first-order valence-electron chi connectivity index (χ1n) is 6.39. The lowest BCUT2D eigenvalue weighted by atomic mass is 10.1. The third kappa shape index (κ3) is 2.00. The van der Waals surface area contributed by atoms with Crippen LogP contribution in [-0.2, 0) is 0 Å². The minimum Gasteiger partial charge on any atom is -0.318 e. The van der Waals surface area contributed by atoms with Crippen molar-refractivity contribution in [1.82, 2.24) is 10.2 Å². The molecule has 1 aromatic carbocycles. The van der Waals surface area contributed by atoms with E-state index in [1.54, 1.807) is 0 Å². The van der Waals surface area contributed by atoms with E-state index in [9.17, 15) is 4.79 Å². The monoisotopic (exact) mass is 285 g/mol. The number of nitrogens with zero attached hydrogens (tertiary/aromatic N) is 1. The van der Waals surface area contributed by atoms with Gasteiger partial charge in [-0.3, -0.25) is 9.89 Å². The number of anilines is 1. The van der Waals surface area contributed by atoms with Crippen molar-refractivity contribution in [1.29, 1.82) is 0 Å². The Bertz CT molecular complexity index is 781. The fourth-order valence-electron chi connectivity index (χ4n) is 2.30. The highest BCUT2D eigenvalue weighted by atomic mass is 32.1. The Labute approximate surface area is 120 Å². The number of thiophene rings is 1. The summed E-state index contributed by atoms with van der Waals surface area (Å²) in [4.78, 5) is 13.2. The summed E-state index contributed by atoms with van der Waals surface area (Å²) in [6.07, 6.45) is 0. The number of carbonyl (C=O) groups is 1.